The van der Waals surface area contributed by atoms with Crippen LogP contribution in [0.25, 0.3) is 0 Å². The molecule has 7 heteroatoms. The predicted molar refractivity (Wildman–Crippen MR) is 97.2 cm³/mol. The molecule has 0 radical (unpaired) electrons. The number of methoxy groups -OCH3 is 1. The van der Waals surface area contributed by atoms with E-state index in [2.05, 4.69) is 10.0 Å². The minimum atomic E-state index is -3.66. The van der Waals surface area contributed by atoms with E-state index in [9.17, 15) is 13.2 Å². The number of ether oxygens (including phenoxy) is 1. The summed E-state index contributed by atoms with van der Waals surface area (Å²) in [5.41, 5.74) is 1.56. The number of hydrogen-bond donors (Lipinski definition) is 2. The molecule has 2 N–H and O–H groups in total. The van der Waals surface area contributed by atoms with Crippen LogP contribution in [-0.4, -0.2) is 34.1 Å². The van der Waals surface area contributed by atoms with Gasteiger partial charge >= 0.3 is 0 Å². The maximum absolute atomic E-state index is 12.4. The summed E-state index contributed by atoms with van der Waals surface area (Å²) in [5, 5.41) is 2.82. The molecule has 1 atom stereocenters. The van der Waals surface area contributed by atoms with Gasteiger partial charge in [0.05, 0.1) is 17.2 Å². The summed E-state index contributed by atoms with van der Waals surface area (Å²) in [5.74, 6) is -0.231. The highest BCUT2D eigenvalue weighted by atomic mass is 32.2. The summed E-state index contributed by atoms with van der Waals surface area (Å²) in [6.07, 6.45) is 0. The Labute approximate surface area is 148 Å². The van der Waals surface area contributed by atoms with Gasteiger partial charge in [0.25, 0.3) is 15.9 Å². The molecule has 25 heavy (non-hydrogen) atoms. The Morgan fingerprint density at radius 3 is 2.44 bits per heavy atom. The molecule has 0 aromatic heterocycles. The first-order valence-corrected chi connectivity index (χ1v) is 9.30. The van der Waals surface area contributed by atoms with Crippen LogP contribution < -0.4 is 10.0 Å². The van der Waals surface area contributed by atoms with E-state index in [0.29, 0.717) is 23.4 Å². The van der Waals surface area contributed by atoms with Crippen LogP contribution in [0.2, 0.25) is 0 Å². The normalized spacial score (nSPS) is 12.4. The van der Waals surface area contributed by atoms with Crippen LogP contribution in [0.4, 0.5) is 5.69 Å². The lowest BCUT2D eigenvalue weighted by atomic mass is 10.1. The lowest BCUT2D eigenvalue weighted by Gasteiger charge is -2.14. The van der Waals surface area contributed by atoms with E-state index in [1.54, 1.807) is 50.4 Å². The topological polar surface area (TPSA) is 84.5 Å². The van der Waals surface area contributed by atoms with E-state index >= 15 is 0 Å². The zero-order valence-electron chi connectivity index (χ0n) is 14.4. The molecule has 0 saturated carbocycles. The Morgan fingerprint density at radius 1 is 1.16 bits per heavy atom. The first-order valence-electron chi connectivity index (χ1n) is 7.82. The van der Waals surface area contributed by atoms with Gasteiger partial charge in [0, 0.05) is 18.7 Å². The number of sulfonamides is 1. The molecule has 0 fully saturated rings. The van der Waals surface area contributed by atoms with Gasteiger partial charge in [-0.1, -0.05) is 18.2 Å². The van der Waals surface area contributed by atoms with Gasteiger partial charge < -0.3 is 10.1 Å². The Hall–Kier alpha value is -2.38. The Morgan fingerprint density at radius 2 is 1.84 bits per heavy atom. The second-order valence-corrected chi connectivity index (χ2v) is 7.46. The number of benzene rings is 2. The van der Waals surface area contributed by atoms with Gasteiger partial charge in [-0.25, -0.2) is 8.42 Å². The zero-order valence-corrected chi connectivity index (χ0v) is 15.3. The molecule has 0 bridgehead atoms. The molecule has 2 aromatic carbocycles. The number of carbonyl (C=O) groups excluding carboxylic acids is 1. The van der Waals surface area contributed by atoms with Crippen LogP contribution >= 0.6 is 0 Å². The third-order valence-electron chi connectivity index (χ3n) is 3.58. The zero-order chi connectivity index (χ0) is 18.4. The van der Waals surface area contributed by atoms with Gasteiger partial charge in [0.1, 0.15) is 0 Å². The van der Waals surface area contributed by atoms with Crippen molar-refractivity contribution in [1.29, 1.82) is 0 Å². The highest BCUT2D eigenvalue weighted by molar-refractivity contribution is 7.92. The lowest BCUT2D eigenvalue weighted by Crippen LogP contribution is -2.35. The van der Waals surface area contributed by atoms with Crippen LogP contribution in [0.3, 0.4) is 0 Å². The van der Waals surface area contributed by atoms with Crippen LogP contribution in [0.5, 0.6) is 0 Å². The van der Waals surface area contributed by atoms with Crippen molar-refractivity contribution in [3.63, 3.8) is 0 Å². The molecule has 2 rings (SSSR count). The van der Waals surface area contributed by atoms with Gasteiger partial charge in [0.15, 0.2) is 0 Å². The number of aryl methyl sites for hydroxylation is 1. The average Bonchev–Trinajstić information content (AvgIpc) is 2.57. The quantitative estimate of drug-likeness (QED) is 0.793. The smallest absolute Gasteiger partial charge is 0.261 e. The van der Waals surface area contributed by atoms with E-state index in [-0.39, 0.29) is 16.8 Å². The van der Waals surface area contributed by atoms with Crippen LogP contribution in [0.15, 0.2) is 53.4 Å². The third-order valence-corrected chi connectivity index (χ3v) is 4.96. The summed E-state index contributed by atoms with van der Waals surface area (Å²) >= 11 is 0. The van der Waals surface area contributed by atoms with Crippen LogP contribution in [0.1, 0.15) is 22.8 Å². The van der Waals surface area contributed by atoms with Crippen LogP contribution in [-0.2, 0) is 14.8 Å². The largest absolute Gasteiger partial charge is 0.383 e. The third kappa shape index (κ3) is 5.04. The minimum absolute atomic E-state index is 0.117. The molecule has 0 unspecified atom stereocenters. The Kier molecular flexibility index (Phi) is 6.17. The molecule has 2 aromatic rings. The van der Waals surface area contributed by atoms with Crippen molar-refractivity contribution in [3.8, 4) is 0 Å². The minimum Gasteiger partial charge on any atom is -0.383 e. The first kappa shape index (κ1) is 19.0. The van der Waals surface area contributed by atoms with E-state index in [0.717, 1.165) is 0 Å². The molecule has 1 amide bonds. The van der Waals surface area contributed by atoms with Gasteiger partial charge in [-0.2, -0.15) is 0 Å². The number of anilines is 1. The standard InChI is InChI=1S/C18H22N2O4S/c1-13-11-15(18(21)19-14(2)12-24-3)9-10-17(13)20-25(22,23)16-7-5-4-6-8-16/h4-11,14,20H,12H2,1-3H3,(H,19,21)/t14-/m0/s1. The molecule has 0 aliphatic heterocycles. The number of hydrogen-bond acceptors (Lipinski definition) is 4. The molecule has 0 saturated heterocycles. The number of carbonyl (C=O) groups is 1. The highest BCUT2D eigenvalue weighted by Gasteiger charge is 2.16. The monoisotopic (exact) mass is 362 g/mol. The van der Waals surface area contributed by atoms with Crippen molar-refractivity contribution < 1.29 is 17.9 Å². The van der Waals surface area contributed by atoms with Gasteiger partial charge in [-0.3, -0.25) is 9.52 Å². The van der Waals surface area contributed by atoms with E-state index in [1.807, 2.05) is 6.92 Å². The maximum Gasteiger partial charge on any atom is 0.261 e. The lowest BCUT2D eigenvalue weighted by molar-refractivity contribution is 0.0905. The second kappa shape index (κ2) is 8.13. The second-order valence-electron chi connectivity index (χ2n) is 5.78. The summed E-state index contributed by atoms with van der Waals surface area (Å²) in [4.78, 5) is 12.4. The molecule has 134 valence electrons. The fraction of sp³-hybridized carbons (Fsp3) is 0.278. The molecule has 0 aliphatic rings. The van der Waals surface area contributed by atoms with Crippen LogP contribution in [0, 0.1) is 6.92 Å². The number of amides is 1. The molecule has 0 spiro atoms. The SMILES string of the molecule is COC[C@H](C)NC(=O)c1ccc(NS(=O)(=O)c2ccccc2)c(C)c1. The number of nitrogens with one attached hydrogen (secondary N) is 2. The van der Waals surface area contributed by atoms with Gasteiger partial charge in [0.2, 0.25) is 0 Å². The highest BCUT2D eigenvalue weighted by Crippen LogP contribution is 2.21. The molecular formula is C18H22N2O4S. The van der Waals surface area contributed by atoms with Crippen molar-refractivity contribution in [2.45, 2.75) is 24.8 Å². The van der Waals surface area contributed by atoms with Crippen molar-refractivity contribution >= 4 is 21.6 Å². The van der Waals surface area contributed by atoms with Crippen molar-refractivity contribution in [1.82, 2.24) is 5.32 Å². The van der Waals surface area contributed by atoms with E-state index < -0.39 is 10.0 Å². The molecule has 6 nitrogen and oxygen atoms in total. The molecular weight excluding hydrogens is 340 g/mol. The van der Waals surface area contributed by atoms with Gasteiger partial charge in [-0.05, 0) is 49.7 Å². The Bertz CT molecular complexity index is 835. The first-order chi connectivity index (χ1) is 11.8. The molecule has 0 heterocycles. The molecule has 0 aliphatic carbocycles. The summed E-state index contributed by atoms with van der Waals surface area (Å²) < 4.78 is 32.3. The van der Waals surface area contributed by atoms with Crippen molar-refractivity contribution in [2.24, 2.45) is 0 Å². The van der Waals surface area contributed by atoms with Crippen molar-refractivity contribution in [2.75, 3.05) is 18.4 Å². The fourth-order valence-electron chi connectivity index (χ4n) is 2.32. The predicted octanol–water partition coefficient (Wildman–Crippen LogP) is 2.56. The maximum atomic E-state index is 12.4. The van der Waals surface area contributed by atoms with Crippen molar-refractivity contribution in [3.05, 3.63) is 59.7 Å². The van der Waals surface area contributed by atoms with Gasteiger partial charge in [-0.15, -0.1) is 0 Å². The average molecular weight is 362 g/mol. The van der Waals surface area contributed by atoms with E-state index in [1.165, 1.54) is 12.1 Å². The summed E-state index contributed by atoms with van der Waals surface area (Å²) in [6.45, 7) is 4.01. The number of rotatable bonds is 7. The van der Waals surface area contributed by atoms with E-state index in [4.69, 9.17) is 4.74 Å². The fourth-order valence-corrected chi connectivity index (χ4v) is 3.47. The summed E-state index contributed by atoms with van der Waals surface area (Å²) in [7, 11) is -2.09. The Balaban J connectivity index is 2.16. The summed E-state index contributed by atoms with van der Waals surface area (Å²) in [6, 6.07) is 12.8.